The van der Waals surface area contributed by atoms with Gasteiger partial charge in [0, 0.05) is 27.4 Å². The average Bonchev–Trinajstić information content (AvgIpc) is 2.97. The predicted octanol–water partition coefficient (Wildman–Crippen LogP) is 0.871. The van der Waals surface area contributed by atoms with Gasteiger partial charge in [-0.05, 0) is 26.7 Å². The zero-order valence-corrected chi connectivity index (χ0v) is 20.5. The Morgan fingerprint density at radius 3 is 2.22 bits per heavy atom. The van der Waals surface area contributed by atoms with E-state index in [-0.39, 0.29) is 19.3 Å². The molecular formula is C19H36N3O9P. The number of aliphatic hydroxyl groups is 3. The van der Waals surface area contributed by atoms with Gasteiger partial charge < -0.3 is 29.5 Å². The van der Waals surface area contributed by atoms with Gasteiger partial charge in [-0.15, -0.1) is 0 Å². The van der Waals surface area contributed by atoms with Gasteiger partial charge in [-0.2, -0.15) is 0 Å². The van der Waals surface area contributed by atoms with Gasteiger partial charge in [0.05, 0.1) is 18.0 Å². The Morgan fingerprint density at radius 2 is 1.75 bits per heavy atom. The van der Waals surface area contributed by atoms with E-state index < -0.39 is 55.0 Å². The highest BCUT2D eigenvalue weighted by atomic mass is 31.2. The van der Waals surface area contributed by atoms with Crippen LogP contribution in [0.15, 0.2) is 4.99 Å². The number of aliphatic imine (C=N–C) groups is 1. The van der Waals surface area contributed by atoms with E-state index in [9.17, 15) is 34.4 Å². The minimum absolute atomic E-state index is 0.0102. The maximum absolute atomic E-state index is 12.6. The summed E-state index contributed by atoms with van der Waals surface area (Å²) >= 11 is 0. The third-order valence-electron chi connectivity index (χ3n) is 5.79. The number of ether oxygens (including phenoxy) is 1. The SMILES string of the molecule is CCC(C)(C[C@H]1O[C@@H](/N=C/N(C)C(=O)N(C)C(C)=O)[C@H](O)[C@@H]1O)OP(=O)(O)C(C)(O)CC. The number of amides is 3. The summed E-state index contributed by atoms with van der Waals surface area (Å²) < 4.78 is 23.7. The van der Waals surface area contributed by atoms with Crippen LogP contribution >= 0.6 is 7.60 Å². The first-order valence-corrected chi connectivity index (χ1v) is 11.9. The molecule has 0 aromatic heterocycles. The number of hydrogen-bond donors (Lipinski definition) is 4. The van der Waals surface area contributed by atoms with Crippen LogP contribution in [0.25, 0.3) is 0 Å². The summed E-state index contributed by atoms with van der Waals surface area (Å²) in [7, 11) is -1.78. The van der Waals surface area contributed by atoms with Crippen molar-refractivity contribution >= 4 is 25.9 Å². The van der Waals surface area contributed by atoms with E-state index >= 15 is 0 Å². The van der Waals surface area contributed by atoms with Crippen molar-refractivity contribution in [2.75, 3.05) is 14.1 Å². The van der Waals surface area contributed by atoms with Gasteiger partial charge in [-0.3, -0.25) is 19.2 Å². The summed E-state index contributed by atoms with van der Waals surface area (Å²) in [6.07, 6.45) is -3.77. The topological polar surface area (TPSA) is 169 Å². The second-order valence-corrected chi connectivity index (χ2v) is 10.7. The van der Waals surface area contributed by atoms with Gasteiger partial charge in [0.2, 0.25) is 5.91 Å². The molecule has 3 amide bonds. The molecule has 0 radical (unpaired) electrons. The lowest BCUT2D eigenvalue weighted by Gasteiger charge is -2.37. The zero-order chi connectivity index (χ0) is 25.1. The van der Waals surface area contributed by atoms with Crippen molar-refractivity contribution in [1.29, 1.82) is 0 Å². The third kappa shape index (κ3) is 6.57. The van der Waals surface area contributed by atoms with E-state index in [0.717, 1.165) is 16.1 Å². The fourth-order valence-corrected chi connectivity index (χ4v) is 4.27. The molecule has 7 atom stereocenters. The van der Waals surface area contributed by atoms with E-state index in [1.54, 1.807) is 20.8 Å². The molecular weight excluding hydrogens is 445 g/mol. The van der Waals surface area contributed by atoms with E-state index in [2.05, 4.69) is 4.99 Å². The molecule has 0 spiro atoms. The molecule has 32 heavy (non-hydrogen) atoms. The number of carbonyl (C=O) groups excluding carboxylic acids is 2. The summed E-state index contributed by atoms with van der Waals surface area (Å²) in [6.45, 7) is 7.24. The van der Waals surface area contributed by atoms with E-state index in [1.807, 2.05) is 0 Å². The number of imide groups is 1. The van der Waals surface area contributed by atoms with E-state index in [4.69, 9.17) is 9.26 Å². The van der Waals surface area contributed by atoms with Crippen LogP contribution in [0.5, 0.6) is 0 Å². The number of rotatable bonds is 9. The van der Waals surface area contributed by atoms with Gasteiger partial charge in [0.15, 0.2) is 11.6 Å². The molecule has 4 N–H and O–H groups in total. The fraction of sp³-hybridized carbons (Fsp3) is 0.842. The van der Waals surface area contributed by atoms with Gasteiger partial charge >= 0.3 is 13.6 Å². The van der Waals surface area contributed by atoms with Crippen molar-refractivity contribution < 1.29 is 43.6 Å². The van der Waals surface area contributed by atoms with Gasteiger partial charge in [-0.25, -0.2) is 9.79 Å². The second-order valence-electron chi connectivity index (χ2n) is 8.47. The number of hydrogen-bond acceptors (Lipinski definition) is 9. The monoisotopic (exact) mass is 481 g/mol. The first kappa shape index (κ1) is 28.6. The summed E-state index contributed by atoms with van der Waals surface area (Å²) in [4.78, 5) is 39.5. The molecule has 0 saturated carbocycles. The van der Waals surface area contributed by atoms with Crippen LogP contribution in [0.2, 0.25) is 0 Å². The highest BCUT2D eigenvalue weighted by Crippen LogP contribution is 2.59. The molecule has 3 unspecified atom stereocenters. The summed E-state index contributed by atoms with van der Waals surface area (Å²) in [5.74, 6) is -0.468. The van der Waals surface area contributed by atoms with Crippen LogP contribution in [0.1, 0.15) is 53.9 Å². The minimum Gasteiger partial charge on any atom is -0.388 e. The van der Waals surface area contributed by atoms with Crippen LogP contribution in [0.4, 0.5) is 4.79 Å². The predicted molar refractivity (Wildman–Crippen MR) is 116 cm³/mol. The molecule has 1 rings (SSSR count). The Balaban J connectivity index is 2.92. The number of urea groups is 1. The fourth-order valence-electron chi connectivity index (χ4n) is 2.88. The molecule has 0 aromatic carbocycles. The van der Waals surface area contributed by atoms with E-state index in [0.29, 0.717) is 0 Å². The van der Waals surface area contributed by atoms with Crippen molar-refractivity contribution in [2.24, 2.45) is 4.99 Å². The van der Waals surface area contributed by atoms with Crippen LogP contribution < -0.4 is 0 Å². The lowest BCUT2D eigenvalue weighted by Crippen LogP contribution is -2.41. The Morgan fingerprint density at radius 1 is 1.19 bits per heavy atom. The van der Waals surface area contributed by atoms with Crippen molar-refractivity contribution in [3.05, 3.63) is 0 Å². The number of aliphatic hydroxyl groups excluding tert-OH is 2. The Labute approximate surface area is 188 Å². The summed E-state index contributed by atoms with van der Waals surface area (Å²) in [5, 5.41) is 29.0. The number of nitrogens with zero attached hydrogens (tertiary/aromatic N) is 3. The zero-order valence-electron chi connectivity index (χ0n) is 19.6. The highest BCUT2D eigenvalue weighted by Gasteiger charge is 2.50. The Kier molecular flexibility index (Phi) is 9.56. The molecule has 1 saturated heterocycles. The normalized spacial score (nSPS) is 29.2. The van der Waals surface area contributed by atoms with Crippen LogP contribution in [-0.2, 0) is 18.6 Å². The maximum Gasteiger partial charge on any atom is 0.359 e. The molecule has 12 nitrogen and oxygen atoms in total. The first-order valence-electron chi connectivity index (χ1n) is 10.3. The molecule has 1 aliphatic heterocycles. The first-order chi connectivity index (χ1) is 14.5. The van der Waals surface area contributed by atoms with E-state index in [1.165, 1.54) is 27.9 Å². The van der Waals surface area contributed by atoms with Crippen LogP contribution in [0, 0.1) is 0 Å². The summed E-state index contributed by atoms with van der Waals surface area (Å²) in [5.41, 5.74) is -1.26. The van der Waals surface area contributed by atoms with Gasteiger partial charge in [0.1, 0.15) is 12.2 Å². The highest BCUT2D eigenvalue weighted by molar-refractivity contribution is 7.54. The molecule has 1 heterocycles. The molecule has 0 aliphatic carbocycles. The standard InChI is InChI=1S/C19H36N3O9P/c1-8-18(4,31-32(28,29)19(5,27)9-2)10-13-14(24)15(25)16(30-13)20-11-21(6)17(26)22(7)12(3)23/h11,13-16,24-25,27H,8-10H2,1-7H3,(H,28,29)/b20-11+/t13-,14-,15-,16-,18?,19?/m1/s1. The average molecular weight is 481 g/mol. The smallest absolute Gasteiger partial charge is 0.359 e. The maximum atomic E-state index is 12.6. The van der Waals surface area contributed by atoms with Gasteiger partial charge in [-0.1, -0.05) is 13.8 Å². The quantitative estimate of drug-likeness (QED) is 0.212. The van der Waals surface area contributed by atoms with Crippen molar-refractivity contribution in [3.63, 3.8) is 0 Å². The molecule has 0 aromatic rings. The third-order valence-corrected chi connectivity index (χ3v) is 8.01. The van der Waals surface area contributed by atoms with Crippen LogP contribution in [0.3, 0.4) is 0 Å². The van der Waals surface area contributed by atoms with Crippen molar-refractivity contribution in [3.8, 4) is 0 Å². The lowest BCUT2D eigenvalue weighted by atomic mass is 9.93. The van der Waals surface area contributed by atoms with Crippen molar-refractivity contribution in [2.45, 2.75) is 89.4 Å². The Bertz CT molecular complexity index is 762. The summed E-state index contributed by atoms with van der Waals surface area (Å²) in [6, 6.07) is -0.653. The Hall–Kier alpha value is -1.40. The molecule has 186 valence electrons. The molecule has 13 heteroatoms. The molecule has 0 bridgehead atoms. The molecule has 1 fully saturated rings. The second kappa shape index (κ2) is 10.7. The largest absolute Gasteiger partial charge is 0.388 e. The molecule has 1 aliphatic rings. The van der Waals surface area contributed by atoms with Crippen molar-refractivity contribution in [1.82, 2.24) is 9.80 Å². The number of carbonyl (C=O) groups is 2. The van der Waals surface area contributed by atoms with Gasteiger partial charge in [0.25, 0.3) is 0 Å². The van der Waals surface area contributed by atoms with Crippen LogP contribution in [-0.4, -0.2) is 97.9 Å². The lowest BCUT2D eigenvalue weighted by molar-refractivity contribution is -0.125. The minimum atomic E-state index is -4.45.